The van der Waals surface area contributed by atoms with Gasteiger partial charge in [0, 0.05) is 51.4 Å². The van der Waals surface area contributed by atoms with Gasteiger partial charge in [-0.25, -0.2) is 0 Å². The summed E-state index contributed by atoms with van der Waals surface area (Å²) < 4.78 is 10.8. The number of aliphatic imine (C=N–C) groups is 1. The normalized spacial score (nSPS) is 20.9. The standard InChI is InChI=1S/C20H32N4O2/c1-21-20(22-12-15-9-10-24(13-15)17-6-7-17)23(2)14-16-5-8-18(25-3)11-19(16)26-4/h5,8,11,15,17H,6-7,9-10,12-14H2,1-4H3,(H,21,22). The van der Waals surface area contributed by atoms with Crippen LogP contribution in [0.2, 0.25) is 0 Å². The van der Waals surface area contributed by atoms with Crippen molar-refractivity contribution < 1.29 is 9.47 Å². The third-order valence-electron chi connectivity index (χ3n) is 5.40. The first-order chi connectivity index (χ1) is 12.6. The first kappa shape index (κ1) is 18.8. The predicted octanol–water partition coefficient (Wildman–Crippen LogP) is 2.20. The second-order valence-corrected chi connectivity index (χ2v) is 7.34. The quantitative estimate of drug-likeness (QED) is 0.597. The summed E-state index contributed by atoms with van der Waals surface area (Å²) in [5.41, 5.74) is 1.11. The van der Waals surface area contributed by atoms with Gasteiger partial charge in [0.2, 0.25) is 0 Å². The van der Waals surface area contributed by atoms with E-state index in [4.69, 9.17) is 9.47 Å². The molecule has 6 nitrogen and oxygen atoms in total. The molecule has 1 unspecified atom stereocenters. The molecule has 26 heavy (non-hydrogen) atoms. The van der Waals surface area contributed by atoms with Gasteiger partial charge >= 0.3 is 0 Å². The van der Waals surface area contributed by atoms with Gasteiger partial charge < -0.3 is 24.6 Å². The van der Waals surface area contributed by atoms with Crippen molar-refractivity contribution in [2.24, 2.45) is 10.9 Å². The SMILES string of the molecule is CN=C(NCC1CCN(C2CC2)C1)N(C)Cc1ccc(OC)cc1OC. The Kier molecular flexibility index (Phi) is 6.25. The average Bonchev–Trinajstić information content (AvgIpc) is 3.41. The molecule has 1 saturated carbocycles. The van der Waals surface area contributed by atoms with Crippen molar-refractivity contribution >= 4 is 5.96 Å². The van der Waals surface area contributed by atoms with Crippen LogP contribution < -0.4 is 14.8 Å². The molecule has 0 bridgehead atoms. The van der Waals surface area contributed by atoms with Crippen molar-refractivity contribution in [1.82, 2.24) is 15.1 Å². The average molecular weight is 361 g/mol. The molecule has 0 radical (unpaired) electrons. The lowest BCUT2D eigenvalue weighted by Crippen LogP contribution is -2.41. The van der Waals surface area contributed by atoms with Crippen LogP contribution in [0.25, 0.3) is 0 Å². The zero-order valence-corrected chi connectivity index (χ0v) is 16.5. The Bertz CT molecular complexity index is 630. The van der Waals surface area contributed by atoms with E-state index < -0.39 is 0 Å². The number of guanidine groups is 1. The van der Waals surface area contributed by atoms with Gasteiger partial charge in [-0.2, -0.15) is 0 Å². The number of rotatable bonds is 7. The van der Waals surface area contributed by atoms with E-state index in [0.717, 1.165) is 48.1 Å². The Morgan fingerprint density at radius 3 is 2.73 bits per heavy atom. The van der Waals surface area contributed by atoms with Crippen LogP contribution in [0.3, 0.4) is 0 Å². The molecule has 1 heterocycles. The van der Waals surface area contributed by atoms with Gasteiger partial charge in [-0.1, -0.05) is 0 Å². The minimum atomic E-state index is 0.719. The number of methoxy groups -OCH3 is 2. The molecule has 1 saturated heterocycles. The van der Waals surface area contributed by atoms with Gasteiger partial charge in [0.1, 0.15) is 11.5 Å². The van der Waals surface area contributed by atoms with Crippen LogP contribution in [-0.4, -0.2) is 69.8 Å². The van der Waals surface area contributed by atoms with E-state index in [1.54, 1.807) is 14.2 Å². The van der Waals surface area contributed by atoms with Gasteiger partial charge in [0.15, 0.2) is 5.96 Å². The Morgan fingerprint density at radius 2 is 2.08 bits per heavy atom. The summed E-state index contributed by atoms with van der Waals surface area (Å²) in [7, 11) is 7.26. The minimum Gasteiger partial charge on any atom is -0.497 e. The van der Waals surface area contributed by atoms with E-state index in [1.165, 1.54) is 32.4 Å². The highest BCUT2D eigenvalue weighted by atomic mass is 16.5. The van der Waals surface area contributed by atoms with Crippen molar-refractivity contribution in [3.63, 3.8) is 0 Å². The summed E-state index contributed by atoms with van der Waals surface area (Å²) in [5.74, 6) is 3.28. The summed E-state index contributed by atoms with van der Waals surface area (Å²) in [6.45, 7) is 4.20. The molecule has 1 N–H and O–H groups in total. The molecule has 1 aromatic rings. The molecule has 3 rings (SSSR count). The second-order valence-electron chi connectivity index (χ2n) is 7.34. The molecule has 1 atom stereocenters. The van der Waals surface area contributed by atoms with Crippen molar-refractivity contribution in [1.29, 1.82) is 0 Å². The fourth-order valence-electron chi connectivity index (χ4n) is 3.73. The molecule has 2 fully saturated rings. The van der Waals surface area contributed by atoms with E-state index in [0.29, 0.717) is 0 Å². The van der Waals surface area contributed by atoms with Gasteiger partial charge in [-0.15, -0.1) is 0 Å². The van der Waals surface area contributed by atoms with Gasteiger partial charge in [-0.3, -0.25) is 4.99 Å². The van der Waals surface area contributed by atoms with Crippen LogP contribution in [-0.2, 0) is 6.54 Å². The van der Waals surface area contributed by atoms with Gasteiger partial charge in [0.25, 0.3) is 0 Å². The Morgan fingerprint density at radius 1 is 1.27 bits per heavy atom. The number of benzene rings is 1. The lowest BCUT2D eigenvalue weighted by atomic mass is 10.1. The number of likely N-dealkylation sites (tertiary alicyclic amines) is 1. The van der Waals surface area contributed by atoms with Crippen LogP contribution in [0.1, 0.15) is 24.8 Å². The maximum absolute atomic E-state index is 5.51. The van der Waals surface area contributed by atoms with Crippen molar-refractivity contribution in [3.05, 3.63) is 23.8 Å². The minimum absolute atomic E-state index is 0.719. The lowest BCUT2D eigenvalue weighted by Gasteiger charge is -2.24. The van der Waals surface area contributed by atoms with Crippen molar-refractivity contribution in [2.45, 2.75) is 31.8 Å². The first-order valence-corrected chi connectivity index (χ1v) is 9.51. The van der Waals surface area contributed by atoms with Crippen LogP contribution in [0.15, 0.2) is 23.2 Å². The van der Waals surface area contributed by atoms with E-state index in [1.807, 2.05) is 25.2 Å². The maximum atomic E-state index is 5.51. The molecule has 1 aromatic carbocycles. The first-order valence-electron chi connectivity index (χ1n) is 9.51. The lowest BCUT2D eigenvalue weighted by molar-refractivity contribution is 0.313. The highest BCUT2D eigenvalue weighted by molar-refractivity contribution is 5.79. The van der Waals surface area contributed by atoms with E-state index in [9.17, 15) is 0 Å². The Hall–Kier alpha value is -1.95. The Balaban J connectivity index is 1.53. The third-order valence-corrected chi connectivity index (χ3v) is 5.40. The summed E-state index contributed by atoms with van der Waals surface area (Å²) in [6, 6.07) is 6.81. The molecule has 1 aliphatic carbocycles. The van der Waals surface area contributed by atoms with Gasteiger partial charge in [-0.05, 0) is 43.9 Å². The fraction of sp³-hybridized carbons (Fsp3) is 0.650. The number of nitrogens with zero attached hydrogens (tertiary/aromatic N) is 3. The molecule has 0 spiro atoms. The van der Waals surface area contributed by atoms with Crippen LogP contribution >= 0.6 is 0 Å². The monoisotopic (exact) mass is 360 g/mol. The molecular formula is C20H32N4O2. The molecule has 1 aliphatic heterocycles. The third kappa shape index (κ3) is 4.61. The maximum Gasteiger partial charge on any atom is 0.193 e. The number of hydrogen-bond donors (Lipinski definition) is 1. The topological polar surface area (TPSA) is 49.3 Å². The summed E-state index contributed by atoms with van der Waals surface area (Å²) in [5, 5.41) is 3.56. The van der Waals surface area contributed by atoms with Crippen molar-refractivity contribution in [2.75, 3.05) is 47.9 Å². The van der Waals surface area contributed by atoms with E-state index >= 15 is 0 Å². The number of nitrogens with one attached hydrogen (secondary N) is 1. The summed E-state index contributed by atoms with van der Waals surface area (Å²) >= 11 is 0. The van der Waals surface area contributed by atoms with Crippen LogP contribution in [0, 0.1) is 5.92 Å². The molecular weight excluding hydrogens is 328 g/mol. The summed E-state index contributed by atoms with van der Waals surface area (Å²) in [6.07, 6.45) is 4.08. The molecule has 6 heteroatoms. The van der Waals surface area contributed by atoms with Crippen LogP contribution in [0.5, 0.6) is 11.5 Å². The Labute approximate surface area is 157 Å². The molecule has 144 valence electrons. The number of ether oxygens (including phenoxy) is 2. The van der Waals surface area contributed by atoms with Gasteiger partial charge in [0.05, 0.1) is 14.2 Å². The van der Waals surface area contributed by atoms with Crippen LogP contribution in [0.4, 0.5) is 0 Å². The highest BCUT2D eigenvalue weighted by Crippen LogP contribution is 2.31. The predicted molar refractivity (Wildman–Crippen MR) is 105 cm³/mol. The summed E-state index contributed by atoms with van der Waals surface area (Å²) in [4.78, 5) is 9.24. The molecule has 0 amide bonds. The van der Waals surface area contributed by atoms with Crippen molar-refractivity contribution in [3.8, 4) is 11.5 Å². The van der Waals surface area contributed by atoms with E-state index in [-0.39, 0.29) is 0 Å². The van der Waals surface area contributed by atoms with E-state index in [2.05, 4.69) is 27.2 Å². The number of hydrogen-bond acceptors (Lipinski definition) is 4. The highest BCUT2D eigenvalue weighted by Gasteiger charge is 2.34. The largest absolute Gasteiger partial charge is 0.497 e. The molecule has 0 aromatic heterocycles. The zero-order chi connectivity index (χ0) is 18.5. The smallest absolute Gasteiger partial charge is 0.193 e. The zero-order valence-electron chi connectivity index (χ0n) is 16.5. The fourth-order valence-corrected chi connectivity index (χ4v) is 3.73. The second kappa shape index (κ2) is 8.62. The molecule has 2 aliphatic rings.